The van der Waals surface area contributed by atoms with Gasteiger partial charge in [-0.2, -0.15) is 0 Å². The van der Waals surface area contributed by atoms with E-state index in [1.54, 1.807) is 11.8 Å². The Balaban J connectivity index is 1.39. The maximum absolute atomic E-state index is 12.4. The fourth-order valence-corrected chi connectivity index (χ4v) is 3.85. The molecule has 0 unspecified atom stereocenters. The van der Waals surface area contributed by atoms with Crippen LogP contribution in [0.5, 0.6) is 5.75 Å². The molecular weight excluding hydrogens is 312 g/mol. The van der Waals surface area contributed by atoms with Gasteiger partial charge in [0, 0.05) is 25.5 Å². The van der Waals surface area contributed by atoms with E-state index in [0.29, 0.717) is 13.1 Å². The molecule has 2 aliphatic rings. The summed E-state index contributed by atoms with van der Waals surface area (Å²) in [5, 5.41) is 3.97. The second-order valence-corrected chi connectivity index (χ2v) is 6.79. The monoisotopic (exact) mass is 330 g/mol. The lowest BCUT2D eigenvalue weighted by Gasteiger charge is -2.32. The predicted molar refractivity (Wildman–Crippen MR) is 88.9 cm³/mol. The minimum absolute atomic E-state index is 0.104. The molecule has 1 amide bonds. The number of fused-ring (bicyclic) bond motifs is 2. The van der Waals surface area contributed by atoms with Gasteiger partial charge in [-0.25, -0.2) is 4.98 Å². The molecule has 23 heavy (non-hydrogen) atoms. The van der Waals surface area contributed by atoms with Crippen LogP contribution >= 0.6 is 11.8 Å². The lowest BCUT2D eigenvalue weighted by molar-refractivity contribution is -0.128. The molecule has 3 heterocycles. The molecular formula is C16H18N4O2S. The molecule has 1 atom stereocenters. The third-order valence-corrected chi connectivity index (χ3v) is 5.05. The van der Waals surface area contributed by atoms with E-state index < -0.39 is 6.10 Å². The number of aromatic nitrogens is 2. The summed E-state index contributed by atoms with van der Waals surface area (Å²) in [5.74, 6) is 1.72. The summed E-state index contributed by atoms with van der Waals surface area (Å²) in [6, 6.07) is 7.77. The molecule has 2 aliphatic heterocycles. The van der Waals surface area contributed by atoms with Gasteiger partial charge in [0.15, 0.2) is 11.3 Å². The van der Waals surface area contributed by atoms with E-state index in [1.807, 2.05) is 42.4 Å². The normalized spacial score (nSPS) is 19.0. The summed E-state index contributed by atoms with van der Waals surface area (Å²) in [5.41, 5.74) is 1.91. The lowest BCUT2D eigenvalue weighted by atomic mass is 10.2. The number of anilines is 1. The van der Waals surface area contributed by atoms with Crippen LogP contribution in [0.3, 0.4) is 0 Å². The van der Waals surface area contributed by atoms with Gasteiger partial charge in [-0.15, -0.1) is 0 Å². The number of rotatable bonds is 3. The summed E-state index contributed by atoms with van der Waals surface area (Å²) in [6.07, 6.45) is 1.51. The number of nitrogens with one attached hydrogen (secondary N) is 1. The summed E-state index contributed by atoms with van der Waals surface area (Å²) in [6.45, 7) is 1.97. The van der Waals surface area contributed by atoms with Crippen LogP contribution in [0.1, 0.15) is 5.69 Å². The molecule has 1 N–H and O–H groups in total. The van der Waals surface area contributed by atoms with E-state index >= 15 is 0 Å². The van der Waals surface area contributed by atoms with Crippen molar-refractivity contribution in [1.29, 1.82) is 0 Å². The fraction of sp³-hybridized carbons (Fsp3) is 0.375. The first-order valence-electron chi connectivity index (χ1n) is 7.64. The molecule has 0 aliphatic carbocycles. The van der Waals surface area contributed by atoms with Gasteiger partial charge in [0.2, 0.25) is 0 Å². The predicted octanol–water partition coefficient (Wildman–Crippen LogP) is 1.50. The fourth-order valence-electron chi connectivity index (χ4n) is 2.88. The van der Waals surface area contributed by atoms with Crippen LogP contribution in [0, 0.1) is 0 Å². The average molecular weight is 330 g/mol. The topological polar surface area (TPSA) is 59.4 Å². The lowest BCUT2D eigenvalue weighted by Crippen LogP contribution is -2.47. The molecule has 0 fully saturated rings. The average Bonchev–Trinajstić information content (AvgIpc) is 3.14. The summed E-state index contributed by atoms with van der Waals surface area (Å²) in [7, 11) is 1.97. The Kier molecular flexibility index (Phi) is 3.65. The zero-order valence-corrected chi connectivity index (χ0v) is 13.7. The number of imidazole rings is 1. The van der Waals surface area contributed by atoms with Crippen molar-refractivity contribution in [3.05, 3.63) is 36.2 Å². The maximum atomic E-state index is 12.4. The Labute approximate surface area is 138 Å². The Bertz CT molecular complexity index is 724. The van der Waals surface area contributed by atoms with Crippen molar-refractivity contribution in [3.8, 4) is 5.75 Å². The number of thioether (sulfide) groups is 1. The SMILES string of the molecule is CN1C[C@@H](C(=O)NCc2cn3c(n2)SCC3)Oc2ccccc21. The first-order chi connectivity index (χ1) is 11.2. The van der Waals surface area contributed by atoms with Gasteiger partial charge < -0.3 is 19.5 Å². The van der Waals surface area contributed by atoms with Crippen molar-refractivity contribution in [2.45, 2.75) is 24.3 Å². The van der Waals surface area contributed by atoms with Crippen LogP contribution in [0.15, 0.2) is 35.6 Å². The van der Waals surface area contributed by atoms with Crippen LogP contribution in [-0.4, -0.2) is 40.9 Å². The maximum Gasteiger partial charge on any atom is 0.263 e. The summed E-state index contributed by atoms with van der Waals surface area (Å²) < 4.78 is 7.96. The second kappa shape index (κ2) is 5.81. The Morgan fingerprint density at radius 2 is 2.35 bits per heavy atom. The molecule has 0 radical (unpaired) electrons. The van der Waals surface area contributed by atoms with Gasteiger partial charge >= 0.3 is 0 Å². The van der Waals surface area contributed by atoms with Gasteiger partial charge in [0.1, 0.15) is 5.75 Å². The van der Waals surface area contributed by atoms with E-state index in [2.05, 4.69) is 14.9 Å². The number of para-hydroxylation sites is 2. The molecule has 7 heteroatoms. The number of amides is 1. The molecule has 2 aromatic rings. The quantitative estimate of drug-likeness (QED) is 0.924. The van der Waals surface area contributed by atoms with Crippen molar-refractivity contribution in [1.82, 2.24) is 14.9 Å². The number of nitrogens with zero attached hydrogens (tertiary/aromatic N) is 3. The van der Waals surface area contributed by atoms with Gasteiger partial charge in [-0.05, 0) is 12.1 Å². The van der Waals surface area contributed by atoms with Crippen LogP contribution in [0.4, 0.5) is 5.69 Å². The number of hydrogen-bond donors (Lipinski definition) is 1. The molecule has 4 rings (SSSR count). The highest BCUT2D eigenvalue weighted by molar-refractivity contribution is 7.99. The minimum atomic E-state index is -0.501. The summed E-state index contributed by atoms with van der Waals surface area (Å²) in [4.78, 5) is 19.0. The molecule has 1 aromatic heterocycles. The van der Waals surface area contributed by atoms with E-state index in [-0.39, 0.29) is 5.91 Å². The van der Waals surface area contributed by atoms with Crippen molar-refractivity contribution in [2.24, 2.45) is 0 Å². The van der Waals surface area contributed by atoms with Crippen LogP contribution in [-0.2, 0) is 17.9 Å². The van der Waals surface area contributed by atoms with Crippen molar-refractivity contribution < 1.29 is 9.53 Å². The first-order valence-corrected chi connectivity index (χ1v) is 8.62. The molecule has 0 bridgehead atoms. The summed E-state index contributed by atoms with van der Waals surface area (Å²) >= 11 is 1.75. The standard InChI is InChI=1S/C16H18N4O2S/c1-19-10-14(22-13-5-3-2-4-12(13)19)15(21)17-8-11-9-20-6-7-23-16(20)18-11/h2-5,9,14H,6-8,10H2,1H3,(H,17,21)/t14-/m0/s1. The van der Waals surface area contributed by atoms with Gasteiger partial charge in [0.25, 0.3) is 5.91 Å². The molecule has 0 spiro atoms. The number of hydrogen-bond acceptors (Lipinski definition) is 5. The Morgan fingerprint density at radius 1 is 1.48 bits per heavy atom. The number of ether oxygens (including phenoxy) is 1. The number of carbonyl (C=O) groups excluding carboxylic acids is 1. The third kappa shape index (κ3) is 2.76. The molecule has 6 nitrogen and oxygen atoms in total. The zero-order valence-electron chi connectivity index (χ0n) is 12.9. The zero-order chi connectivity index (χ0) is 15.8. The van der Waals surface area contributed by atoms with Crippen LogP contribution in [0.25, 0.3) is 0 Å². The third-order valence-electron chi connectivity index (χ3n) is 4.07. The van der Waals surface area contributed by atoms with E-state index in [9.17, 15) is 4.79 Å². The number of likely N-dealkylation sites (N-methyl/N-ethyl adjacent to an activating group) is 1. The second-order valence-electron chi connectivity index (χ2n) is 5.73. The van der Waals surface area contributed by atoms with Gasteiger partial charge in [-0.3, -0.25) is 4.79 Å². The van der Waals surface area contributed by atoms with Gasteiger partial charge in [0.05, 0.1) is 24.5 Å². The first kappa shape index (κ1) is 14.4. The number of carbonyl (C=O) groups is 1. The molecule has 120 valence electrons. The van der Waals surface area contributed by atoms with E-state index in [4.69, 9.17) is 4.74 Å². The number of benzene rings is 1. The largest absolute Gasteiger partial charge is 0.477 e. The molecule has 1 aromatic carbocycles. The molecule has 0 saturated carbocycles. The van der Waals surface area contributed by atoms with Crippen LogP contribution in [0.2, 0.25) is 0 Å². The van der Waals surface area contributed by atoms with Crippen molar-refractivity contribution >= 4 is 23.4 Å². The Hall–Kier alpha value is -2.15. The van der Waals surface area contributed by atoms with E-state index in [0.717, 1.165) is 34.6 Å². The highest BCUT2D eigenvalue weighted by Crippen LogP contribution is 2.31. The minimum Gasteiger partial charge on any atom is -0.477 e. The van der Waals surface area contributed by atoms with Crippen molar-refractivity contribution in [3.63, 3.8) is 0 Å². The highest BCUT2D eigenvalue weighted by Gasteiger charge is 2.28. The highest BCUT2D eigenvalue weighted by atomic mass is 32.2. The van der Waals surface area contributed by atoms with Gasteiger partial charge in [-0.1, -0.05) is 23.9 Å². The van der Waals surface area contributed by atoms with Crippen LogP contribution < -0.4 is 15.0 Å². The smallest absolute Gasteiger partial charge is 0.263 e. The number of aryl methyl sites for hydroxylation is 1. The molecule has 0 saturated heterocycles. The van der Waals surface area contributed by atoms with E-state index in [1.165, 1.54) is 0 Å². The Morgan fingerprint density at radius 3 is 3.22 bits per heavy atom. The van der Waals surface area contributed by atoms with Crippen molar-refractivity contribution in [2.75, 3.05) is 24.2 Å².